The van der Waals surface area contributed by atoms with Crippen molar-refractivity contribution in [1.29, 1.82) is 0 Å². The second kappa shape index (κ2) is 5.91. The number of hydrogen-bond acceptors (Lipinski definition) is 7. The number of ether oxygens (including phenoxy) is 1. The van der Waals surface area contributed by atoms with Gasteiger partial charge in [0.05, 0.1) is 7.11 Å². The van der Waals surface area contributed by atoms with Gasteiger partial charge in [0.15, 0.2) is 0 Å². The smallest absolute Gasteiger partial charge is 0.323 e. The topological polar surface area (TPSA) is 102 Å². The molecule has 118 valence electrons. The summed E-state index contributed by atoms with van der Waals surface area (Å²) in [5, 5.41) is 13.6. The van der Waals surface area contributed by atoms with Crippen LogP contribution in [0, 0.1) is 0 Å². The van der Waals surface area contributed by atoms with Gasteiger partial charge < -0.3 is 19.3 Å². The average Bonchev–Trinajstić information content (AvgIpc) is 2.98. The largest absolute Gasteiger partial charge is 0.497 e. The molecule has 0 saturated carbocycles. The molecule has 0 aliphatic rings. The van der Waals surface area contributed by atoms with Crippen LogP contribution in [0.1, 0.15) is 0 Å². The summed E-state index contributed by atoms with van der Waals surface area (Å²) in [6.45, 7) is -0.195. The van der Waals surface area contributed by atoms with Crippen molar-refractivity contribution in [3.63, 3.8) is 0 Å². The first-order chi connectivity index (χ1) is 11.1. The van der Waals surface area contributed by atoms with Gasteiger partial charge in [0.25, 0.3) is 5.71 Å². The van der Waals surface area contributed by atoms with E-state index >= 15 is 0 Å². The normalized spacial score (nSPS) is 10.7. The van der Waals surface area contributed by atoms with Gasteiger partial charge in [-0.3, -0.25) is 4.79 Å². The number of carbonyl (C=O) groups is 1. The van der Waals surface area contributed by atoms with Crippen molar-refractivity contribution in [2.45, 2.75) is 0 Å². The second-order valence-electron chi connectivity index (χ2n) is 4.89. The first-order valence-corrected chi connectivity index (χ1v) is 6.78. The molecule has 2 aromatic heterocycles. The number of aliphatic carboxylic acids is 1. The maximum Gasteiger partial charge on any atom is 0.323 e. The monoisotopic (exact) mass is 314 g/mol. The Bertz CT molecular complexity index is 844. The van der Waals surface area contributed by atoms with Crippen LogP contribution < -0.4 is 9.64 Å². The lowest BCUT2D eigenvalue weighted by Crippen LogP contribution is -2.26. The van der Waals surface area contributed by atoms with E-state index in [1.807, 2.05) is 12.1 Å². The lowest BCUT2D eigenvalue weighted by Gasteiger charge is -2.15. The summed E-state index contributed by atoms with van der Waals surface area (Å²) < 4.78 is 10.4. The zero-order valence-electron chi connectivity index (χ0n) is 12.6. The number of likely N-dealkylation sites (N-methyl/N-ethyl adjacent to an activating group) is 1. The van der Waals surface area contributed by atoms with Crippen LogP contribution in [-0.2, 0) is 4.79 Å². The number of anilines is 1. The molecular weight excluding hydrogens is 300 g/mol. The predicted molar refractivity (Wildman–Crippen MR) is 82.5 cm³/mol. The van der Waals surface area contributed by atoms with Gasteiger partial charge in [0, 0.05) is 12.6 Å². The van der Waals surface area contributed by atoms with Crippen LogP contribution >= 0.6 is 0 Å². The lowest BCUT2D eigenvalue weighted by atomic mass is 10.1. The predicted octanol–water partition coefficient (Wildman–Crippen LogP) is 1.81. The van der Waals surface area contributed by atoms with Crippen LogP contribution in [0.5, 0.6) is 5.75 Å². The van der Waals surface area contributed by atoms with E-state index < -0.39 is 5.97 Å². The van der Waals surface area contributed by atoms with E-state index in [0.717, 1.165) is 11.3 Å². The SMILES string of the molecule is COc1ccc(-c2noc3ncnc(N(C)CC(=O)O)c23)cc1. The summed E-state index contributed by atoms with van der Waals surface area (Å²) >= 11 is 0. The van der Waals surface area contributed by atoms with Gasteiger partial charge in [-0.15, -0.1) is 0 Å². The fourth-order valence-electron chi connectivity index (χ4n) is 2.28. The lowest BCUT2D eigenvalue weighted by molar-refractivity contribution is -0.135. The molecule has 1 aromatic carbocycles. The Hall–Kier alpha value is -3.16. The van der Waals surface area contributed by atoms with Crippen LogP contribution in [0.15, 0.2) is 35.1 Å². The van der Waals surface area contributed by atoms with Crippen LogP contribution in [0.4, 0.5) is 5.82 Å². The minimum absolute atomic E-state index is 0.195. The van der Waals surface area contributed by atoms with E-state index in [-0.39, 0.29) is 6.54 Å². The van der Waals surface area contributed by atoms with E-state index in [1.165, 1.54) is 11.2 Å². The summed E-state index contributed by atoms with van der Waals surface area (Å²) in [5.74, 6) is 0.215. The quantitative estimate of drug-likeness (QED) is 0.761. The Labute approximate surface area is 131 Å². The average molecular weight is 314 g/mol. The number of fused-ring (bicyclic) bond motifs is 1. The summed E-state index contributed by atoms with van der Waals surface area (Å²) in [6, 6.07) is 7.29. The van der Waals surface area contributed by atoms with Gasteiger partial charge in [0.1, 0.15) is 35.5 Å². The standard InChI is InChI=1S/C15H14N4O4/c1-19(7-11(20)21)14-12-13(18-23-15(12)17-8-16-14)9-3-5-10(22-2)6-4-9/h3-6,8H,7H2,1-2H3,(H,20,21). The molecule has 2 heterocycles. The minimum atomic E-state index is -0.957. The third-order valence-electron chi connectivity index (χ3n) is 3.35. The molecule has 3 aromatic rings. The van der Waals surface area contributed by atoms with Crippen LogP contribution in [0.25, 0.3) is 22.4 Å². The number of carboxylic acids is 1. The van der Waals surface area contributed by atoms with Crippen molar-refractivity contribution in [3.05, 3.63) is 30.6 Å². The van der Waals surface area contributed by atoms with Crippen LogP contribution in [0.2, 0.25) is 0 Å². The fraction of sp³-hybridized carbons (Fsp3) is 0.200. The molecule has 0 radical (unpaired) electrons. The summed E-state index contributed by atoms with van der Waals surface area (Å²) in [7, 11) is 3.23. The van der Waals surface area contributed by atoms with E-state index in [1.54, 1.807) is 26.3 Å². The molecule has 0 fully saturated rings. The molecule has 0 aliphatic heterocycles. The molecule has 8 nitrogen and oxygen atoms in total. The molecule has 0 aliphatic carbocycles. The maximum absolute atomic E-state index is 10.9. The number of hydrogen-bond donors (Lipinski definition) is 1. The highest BCUT2D eigenvalue weighted by atomic mass is 16.5. The molecule has 23 heavy (non-hydrogen) atoms. The fourth-order valence-corrected chi connectivity index (χ4v) is 2.28. The van der Waals surface area contributed by atoms with Crippen molar-refractivity contribution < 1.29 is 19.2 Å². The van der Waals surface area contributed by atoms with Gasteiger partial charge in [-0.1, -0.05) is 5.16 Å². The first kappa shape index (κ1) is 14.8. The van der Waals surface area contributed by atoms with Crippen molar-refractivity contribution in [1.82, 2.24) is 15.1 Å². The highest BCUT2D eigenvalue weighted by molar-refractivity contribution is 5.98. The first-order valence-electron chi connectivity index (χ1n) is 6.78. The molecular formula is C15H14N4O4. The molecule has 1 N–H and O–H groups in total. The van der Waals surface area contributed by atoms with E-state index in [2.05, 4.69) is 15.1 Å². The van der Waals surface area contributed by atoms with Crippen LogP contribution in [-0.4, -0.2) is 46.9 Å². The number of carboxylic acid groups (broad SMARTS) is 1. The van der Waals surface area contributed by atoms with Gasteiger partial charge in [0.2, 0.25) is 0 Å². The van der Waals surface area contributed by atoms with E-state index in [0.29, 0.717) is 22.6 Å². The summed E-state index contributed by atoms with van der Waals surface area (Å²) in [4.78, 5) is 20.7. The molecule has 0 unspecified atom stereocenters. The van der Waals surface area contributed by atoms with Crippen molar-refractivity contribution in [2.75, 3.05) is 25.6 Å². The number of methoxy groups -OCH3 is 1. The molecule has 8 heteroatoms. The maximum atomic E-state index is 10.9. The van der Waals surface area contributed by atoms with Gasteiger partial charge >= 0.3 is 5.97 Å². The highest BCUT2D eigenvalue weighted by Crippen LogP contribution is 2.33. The van der Waals surface area contributed by atoms with E-state index in [9.17, 15) is 4.79 Å². The minimum Gasteiger partial charge on any atom is -0.497 e. The molecule has 0 spiro atoms. The van der Waals surface area contributed by atoms with Crippen molar-refractivity contribution in [2.24, 2.45) is 0 Å². The third kappa shape index (κ3) is 2.78. The molecule has 0 atom stereocenters. The van der Waals surface area contributed by atoms with Gasteiger partial charge in [-0.05, 0) is 24.3 Å². The van der Waals surface area contributed by atoms with Gasteiger partial charge in [-0.25, -0.2) is 4.98 Å². The molecule has 0 saturated heterocycles. The Morgan fingerprint density at radius 2 is 2.04 bits per heavy atom. The van der Waals surface area contributed by atoms with Gasteiger partial charge in [-0.2, -0.15) is 4.98 Å². The van der Waals surface area contributed by atoms with Crippen molar-refractivity contribution in [3.8, 4) is 17.0 Å². The van der Waals surface area contributed by atoms with Crippen LogP contribution in [0.3, 0.4) is 0 Å². The Balaban J connectivity index is 2.12. The highest BCUT2D eigenvalue weighted by Gasteiger charge is 2.20. The molecule has 0 bridgehead atoms. The zero-order valence-corrected chi connectivity index (χ0v) is 12.6. The number of aromatic nitrogens is 3. The number of nitrogens with zero attached hydrogens (tertiary/aromatic N) is 4. The second-order valence-corrected chi connectivity index (χ2v) is 4.89. The molecule has 0 amide bonds. The summed E-state index contributed by atoms with van der Waals surface area (Å²) in [5.41, 5.74) is 1.65. The Morgan fingerprint density at radius 3 is 2.70 bits per heavy atom. The van der Waals surface area contributed by atoms with Crippen molar-refractivity contribution >= 4 is 22.9 Å². The Kier molecular flexibility index (Phi) is 3.80. The molecule has 3 rings (SSSR count). The number of benzene rings is 1. The zero-order chi connectivity index (χ0) is 16.4. The Morgan fingerprint density at radius 1 is 1.30 bits per heavy atom. The number of rotatable bonds is 5. The summed E-state index contributed by atoms with van der Waals surface area (Å²) in [6.07, 6.45) is 1.32. The third-order valence-corrected chi connectivity index (χ3v) is 3.35. The van der Waals surface area contributed by atoms with E-state index in [4.69, 9.17) is 14.4 Å².